The highest BCUT2D eigenvalue weighted by atomic mass is 79.9. The lowest BCUT2D eigenvalue weighted by Crippen LogP contribution is -2.38. The summed E-state index contributed by atoms with van der Waals surface area (Å²) < 4.78 is 0.948. The van der Waals surface area contributed by atoms with E-state index in [-0.39, 0.29) is 17.6 Å². The van der Waals surface area contributed by atoms with Crippen molar-refractivity contribution in [1.82, 2.24) is 0 Å². The number of allylic oxidation sites excluding steroid dienone is 4. The van der Waals surface area contributed by atoms with Crippen LogP contribution in [0.5, 0.6) is 0 Å². The van der Waals surface area contributed by atoms with Gasteiger partial charge < -0.3 is 5.11 Å². The first-order valence-electron chi connectivity index (χ1n) is 8.06. The highest BCUT2D eigenvalue weighted by Crippen LogP contribution is 2.54. The number of benzene rings is 1. The van der Waals surface area contributed by atoms with Crippen molar-refractivity contribution in [2.45, 2.75) is 26.2 Å². The molecule has 0 spiro atoms. The van der Waals surface area contributed by atoms with E-state index >= 15 is 0 Å². The molecule has 0 aromatic heterocycles. The van der Waals surface area contributed by atoms with Gasteiger partial charge in [0, 0.05) is 16.3 Å². The summed E-state index contributed by atoms with van der Waals surface area (Å²) in [5.41, 5.74) is 2.61. The lowest BCUT2D eigenvalue weighted by atomic mass is 9.63. The molecule has 0 aliphatic heterocycles. The van der Waals surface area contributed by atoms with Crippen molar-refractivity contribution < 1.29 is 9.90 Å². The van der Waals surface area contributed by atoms with Crippen LogP contribution >= 0.6 is 15.9 Å². The summed E-state index contributed by atoms with van der Waals surface area (Å²) in [6.45, 7) is 2.09. The first kappa shape index (κ1) is 14.3. The van der Waals surface area contributed by atoms with E-state index in [2.05, 4.69) is 35.0 Å². The van der Waals surface area contributed by atoms with E-state index in [4.69, 9.17) is 0 Å². The fourth-order valence-corrected chi connectivity index (χ4v) is 4.91. The summed E-state index contributed by atoms with van der Waals surface area (Å²) >= 11 is 3.50. The van der Waals surface area contributed by atoms with E-state index in [1.54, 1.807) is 0 Å². The van der Waals surface area contributed by atoms with Gasteiger partial charge in [0.2, 0.25) is 0 Å². The van der Waals surface area contributed by atoms with Crippen molar-refractivity contribution in [3.8, 4) is 0 Å². The molecule has 3 heteroatoms. The molecule has 5 rings (SSSR count). The summed E-state index contributed by atoms with van der Waals surface area (Å²) in [5, 5.41) is 10.9. The minimum atomic E-state index is -0.0394. The molecule has 1 saturated carbocycles. The van der Waals surface area contributed by atoms with E-state index in [9.17, 15) is 9.90 Å². The average molecular weight is 359 g/mol. The second kappa shape index (κ2) is 5.09. The topological polar surface area (TPSA) is 37.3 Å². The maximum atomic E-state index is 13.1. The van der Waals surface area contributed by atoms with E-state index in [0.29, 0.717) is 23.2 Å². The minimum absolute atomic E-state index is 0.00920. The van der Waals surface area contributed by atoms with Gasteiger partial charge in [-0.15, -0.1) is 0 Å². The Bertz CT molecular complexity index is 716. The van der Waals surface area contributed by atoms with Gasteiger partial charge in [-0.1, -0.05) is 41.1 Å². The Morgan fingerprint density at radius 2 is 1.86 bits per heavy atom. The van der Waals surface area contributed by atoms with Crippen LogP contribution in [0.15, 0.2) is 40.6 Å². The Kier molecular flexibility index (Phi) is 3.30. The van der Waals surface area contributed by atoms with Crippen LogP contribution in [-0.4, -0.2) is 10.9 Å². The van der Waals surface area contributed by atoms with Crippen molar-refractivity contribution >= 4 is 27.3 Å². The maximum absolute atomic E-state index is 13.1. The lowest BCUT2D eigenvalue weighted by molar-refractivity contribution is -0.120. The SMILES string of the molecule is CCc1ccc(Br)cc1C1=C(O)[C@H]2[C@@H](C1=O)[C@H]1C=C[C@@H]2CC1. The van der Waals surface area contributed by atoms with E-state index in [0.717, 1.165) is 34.9 Å². The van der Waals surface area contributed by atoms with Gasteiger partial charge in [0.15, 0.2) is 5.78 Å². The molecule has 22 heavy (non-hydrogen) atoms. The first-order valence-corrected chi connectivity index (χ1v) is 8.85. The molecular weight excluding hydrogens is 340 g/mol. The number of rotatable bonds is 2. The smallest absolute Gasteiger partial charge is 0.171 e. The molecule has 2 nitrogen and oxygen atoms in total. The predicted molar refractivity (Wildman–Crippen MR) is 90.4 cm³/mol. The van der Waals surface area contributed by atoms with Crippen molar-refractivity contribution in [2.75, 3.05) is 0 Å². The number of carbonyl (C=O) groups excluding carboxylic acids is 1. The molecule has 0 radical (unpaired) electrons. The Balaban J connectivity index is 1.86. The highest BCUT2D eigenvalue weighted by molar-refractivity contribution is 9.10. The molecule has 4 aliphatic carbocycles. The second-order valence-corrected chi connectivity index (χ2v) is 7.54. The summed E-state index contributed by atoms with van der Waals surface area (Å²) in [7, 11) is 0. The molecule has 4 aliphatic rings. The van der Waals surface area contributed by atoms with Crippen LogP contribution in [0.4, 0.5) is 0 Å². The van der Waals surface area contributed by atoms with Crippen molar-refractivity contribution in [2.24, 2.45) is 23.7 Å². The number of fused-ring (bicyclic) bond motifs is 1. The number of hydrogen-bond donors (Lipinski definition) is 1. The fraction of sp³-hybridized carbons (Fsp3) is 0.421. The third-order valence-corrected chi connectivity index (χ3v) is 6.08. The van der Waals surface area contributed by atoms with Crippen LogP contribution in [0.1, 0.15) is 30.9 Å². The standard InChI is InChI=1S/C19H19BrO2/c1-2-10-7-8-13(20)9-14(10)17-18(21)15-11-3-4-12(6-5-11)16(15)19(17)22/h3-4,7-9,11-12,15-16,21H,2,5-6H2,1H3/t11-,12+,15-,16+/m1/s1. The van der Waals surface area contributed by atoms with E-state index in [1.165, 1.54) is 0 Å². The van der Waals surface area contributed by atoms with Crippen molar-refractivity contribution in [3.63, 3.8) is 0 Å². The number of hydrogen-bond acceptors (Lipinski definition) is 2. The summed E-state index contributed by atoms with van der Waals surface area (Å²) in [6, 6.07) is 6.02. The number of aryl methyl sites for hydroxylation is 1. The van der Waals surface area contributed by atoms with Gasteiger partial charge in [-0.25, -0.2) is 0 Å². The van der Waals surface area contributed by atoms with Gasteiger partial charge in [-0.2, -0.15) is 0 Å². The number of Topliss-reactive ketones (excluding diaryl/α,β-unsaturated/α-hetero) is 1. The number of aliphatic hydroxyl groups excluding tert-OH is 1. The van der Waals surface area contributed by atoms with Gasteiger partial charge in [0.05, 0.1) is 5.57 Å². The molecule has 1 fully saturated rings. The fourth-order valence-electron chi connectivity index (χ4n) is 4.54. The molecule has 2 bridgehead atoms. The number of aliphatic hydroxyl groups is 1. The first-order chi connectivity index (χ1) is 10.6. The number of ketones is 1. The largest absolute Gasteiger partial charge is 0.511 e. The zero-order chi connectivity index (χ0) is 15.4. The predicted octanol–water partition coefficient (Wildman–Crippen LogP) is 4.69. The van der Waals surface area contributed by atoms with Crippen LogP contribution in [0, 0.1) is 23.7 Å². The second-order valence-electron chi connectivity index (χ2n) is 6.62. The van der Waals surface area contributed by atoms with Crippen molar-refractivity contribution in [1.29, 1.82) is 0 Å². The normalized spacial score (nSPS) is 32.7. The maximum Gasteiger partial charge on any atom is 0.171 e. The zero-order valence-electron chi connectivity index (χ0n) is 12.6. The summed E-state index contributed by atoms with van der Waals surface area (Å²) in [6.07, 6.45) is 7.43. The molecule has 0 amide bonds. The van der Waals surface area contributed by atoms with Crippen LogP contribution in [0.2, 0.25) is 0 Å². The third-order valence-electron chi connectivity index (χ3n) is 5.59. The van der Waals surface area contributed by atoms with Gasteiger partial charge in [-0.3, -0.25) is 4.79 Å². The Labute approximate surface area is 139 Å². The van der Waals surface area contributed by atoms with Gasteiger partial charge >= 0.3 is 0 Å². The van der Waals surface area contributed by atoms with Crippen LogP contribution in [0.25, 0.3) is 5.57 Å². The average Bonchev–Trinajstić information content (AvgIpc) is 2.82. The van der Waals surface area contributed by atoms with Crippen molar-refractivity contribution in [3.05, 3.63) is 51.7 Å². The van der Waals surface area contributed by atoms with Crippen LogP contribution in [-0.2, 0) is 11.2 Å². The Hall–Kier alpha value is -1.35. The van der Waals surface area contributed by atoms with Gasteiger partial charge in [0.25, 0.3) is 0 Å². The number of carbonyl (C=O) groups is 1. The van der Waals surface area contributed by atoms with Gasteiger partial charge in [-0.05, 0) is 54.4 Å². The molecule has 1 N–H and O–H groups in total. The third kappa shape index (κ3) is 1.88. The molecule has 0 heterocycles. The summed E-state index contributed by atoms with van der Waals surface area (Å²) in [4.78, 5) is 13.1. The zero-order valence-corrected chi connectivity index (χ0v) is 14.1. The number of halogens is 1. The Morgan fingerprint density at radius 1 is 1.18 bits per heavy atom. The monoisotopic (exact) mass is 358 g/mol. The molecule has 1 aromatic rings. The molecule has 4 atom stereocenters. The molecule has 0 saturated heterocycles. The molecule has 0 unspecified atom stereocenters. The molecule has 1 aromatic carbocycles. The van der Waals surface area contributed by atoms with E-state index in [1.807, 2.05) is 18.2 Å². The van der Waals surface area contributed by atoms with E-state index < -0.39 is 0 Å². The highest BCUT2D eigenvalue weighted by Gasteiger charge is 2.52. The quantitative estimate of drug-likeness (QED) is 0.778. The van der Waals surface area contributed by atoms with Crippen LogP contribution < -0.4 is 0 Å². The lowest BCUT2D eigenvalue weighted by Gasteiger charge is -2.40. The minimum Gasteiger partial charge on any atom is -0.511 e. The molecular formula is C19H19BrO2. The Morgan fingerprint density at radius 3 is 2.45 bits per heavy atom. The van der Waals surface area contributed by atoms with Gasteiger partial charge in [0.1, 0.15) is 5.76 Å². The van der Waals surface area contributed by atoms with Crippen LogP contribution in [0.3, 0.4) is 0 Å². The molecule has 114 valence electrons. The summed E-state index contributed by atoms with van der Waals surface area (Å²) in [5.74, 6) is 1.08.